The smallest absolute Gasteiger partial charge is 0.330 e. The quantitative estimate of drug-likeness (QED) is 0.596. The van der Waals surface area contributed by atoms with E-state index in [1.54, 1.807) is 0 Å². The molecule has 2 aromatic carbocycles. The minimum Gasteiger partial charge on any atom is -0.357 e. The highest BCUT2D eigenvalue weighted by Gasteiger charge is 2.17. The zero-order chi connectivity index (χ0) is 20.6. The average molecular weight is 388 g/mol. The monoisotopic (exact) mass is 388 g/mol. The fourth-order valence-electron chi connectivity index (χ4n) is 3.14. The Labute approximate surface area is 169 Å². The van der Waals surface area contributed by atoms with Crippen molar-refractivity contribution in [3.63, 3.8) is 0 Å². The summed E-state index contributed by atoms with van der Waals surface area (Å²) in [5.41, 5.74) is 2.68. The molecular weight excluding hydrogens is 364 g/mol. The molecule has 0 aliphatic carbocycles. The molecule has 1 aromatic heterocycles. The lowest BCUT2D eigenvalue weighted by Gasteiger charge is -2.17. The normalized spacial score (nSPS) is 11.1. The van der Waals surface area contributed by atoms with Crippen LogP contribution in [0.25, 0.3) is 11.6 Å². The first-order chi connectivity index (χ1) is 14.1. The van der Waals surface area contributed by atoms with Gasteiger partial charge >= 0.3 is 5.69 Å². The SMILES string of the molecule is C=C(c1ccccc1)c1c(CC)c(=O)[nH]c(=O)n1COC/C=C/c1ccccc1. The lowest BCUT2D eigenvalue weighted by molar-refractivity contribution is 0.0959. The van der Waals surface area contributed by atoms with Gasteiger partial charge in [0.1, 0.15) is 6.73 Å². The van der Waals surface area contributed by atoms with E-state index >= 15 is 0 Å². The van der Waals surface area contributed by atoms with E-state index in [4.69, 9.17) is 4.74 Å². The summed E-state index contributed by atoms with van der Waals surface area (Å²) in [5, 5.41) is 0. The number of rotatable bonds is 8. The second-order valence-electron chi connectivity index (χ2n) is 6.53. The molecule has 0 aliphatic heterocycles. The van der Waals surface area contributed by atoms with Crippen LogP contribution in [0.4, 0.5) is 0 Å². The molecule has 3 rings (SSSR count). The van der Waals surface area contributed by atoms with E-state index in [1.165, 1.54) is 4.57 Å². The van der Waals surface area contributed by atoms with Gasteiger partial charge in [0.25, 0.3) is 5.56 Å². The van der Waals surface area contributed by atoms with Gasteiger partial charge in [0.15, 0.2) is 0 Å². The van der Waals surface area contributed by atoms with Crippen LogP contribution in [0.15, 0.2) is 82.9 Å². The van der Waals surface area contributed by atoms with Crippen molar-refractivity contribution in [2.45, 2.75) is 20.1 Å². The second-order valence-corrected chi connectivity index (χ2v) is 6.53. The predicted octanol–water partition coefficient (Wildman–Crippen LogP) is 3.85. The van der Waals surface area contributed by atoms with Crippen LogP contribution in [0.5, 0.6) is 0 Å². The predicted molar refractivity (Wildman–Crippen MR) is 117 cm³/mol. The van der Waals surface area contributed by atoms with E-state index in [0.717, 1.165) is 11.1 Å². The highest BCUT2D eigenvalue weighted by molar-refractivity contribution is 5.77. The molecule has 148 valence electrons. The molecule has 5 heteroatoms. The molecule has 0 saturated heterocycles. The van der Waals surface area contributed by atoms with Crippen molar-refractivity contribution in [3.8, 4) is 0 Å². The molecule has 0 atom stereocenters. The van der Waals surface area contributed by atoms with Gasteiger partial charge < -0.3 is 4.74 Å². The molecule has 0 aliphatic rings. The Morgan fingerprint density at radius 2 is 1.72 bits per heavy atom. The first kappa shape index (κ1) is 20.3. The van der Waals surface area contributed by atoms with Crippen LogP contribution < -0.4 is 11.2 Å². The molecule has 0 unspecified atom stereocenters. The van der Waals surface area contributed by atoms with Crippen LogP contribution in [-0.2, 0) is 17.9 Å². The van der Waals surface area contributed by atoms with Gasteiger partial charge in [0.05, 0.1) is 12.3 Å². The van der Waals surface area contributed by atoms with Crippen LogP contribution in [0.3, 0.4) is 0 Å². The number of aromatic amines is 1. The molecule has 0 amide bonds. The van der Waals surface area contributed by atoms with Crippen LogP contribution in [0, 0.1) is 0 Å². The lowest BCUT2D eigenvalue weighted by atomic mass is 9.99. The molecule has 29 heavy (non-hydrogen) atoms. The number of hydrogen-bond donors (Lipinski definition) is 1. The Morgan fingerprint density at radius 3 is 2.38 bits per heavy atom. The molecule has 5 nitrogen and oxygen atoms in total. The number of nitrogens with zero attached hydrogens (tertiary/aromatic N) is 1. The van der Waals surface area contributed by atoms with Gasteiger partial charge in [0, 0.05) is 5.56 Å². The Balaban J connectivity index is 1.86. The third kappa shape index (κ3) is 4.89. The zero-order valence-electron chi connectivity index (χ0n) is 16.4. The van der Waals surface area contributed by atoms with Gasteiger partial charge in [-0.2, -0.15) is 0 Å². The summed E-state index contributed by atoms with van der Waals surface area (Å²) >= 11 is 0. The topological polar surface area (TPSA) is 64.1 Å². The fraction of sp³-hybridized carbons (Fsp3) is 0.167. The van der Waals surface area contributed by atoms with Crippen molar-refractivity contribution in [2.24, 2.45) is 0 Å². The average Bonchev–Trinajstić information content (AvgIpc) is 2.75. The van der Waals surface area contributed by atoms with Crippen molar-refractivity contribution in [2.75, 3.05) is 6.61 Å². The van der Waals surface area contributed by atoms with E-state index in [-0.39, 0.29) is 12.3 Å². The maximum atomic E-state index is 12.5. The van der Waals surface area contributed by atoms with E-state index in [9.17, 15) is 9.59 Å². The van der Waals surface area contributed by atoms with Gasteiger partial charge in [-0.3, -0.25) is 14.3 Å². The van der Waals surface area contributed by atoms with Crippen molar-refractivity contribution >= 4 is 11.6 Å². The van der Waals surface area contributed by atoms with E-state index in [0.29, 0.717) is 29.9 Å². The minimum atomic E-state index is -0.508. The van der Waals surface area contributed by atoms with E-state index in [1.807, 2.05) is 79.7 Å². The number of hydrogen-bond acceptors (Lipinski definition) is 3. The lowest BCUT2D eigenvalue weighted by Crippen LogP contribution is -2.35. The highest BCUT2D eigenvalue weighted by Crippen LogP contribution is 2.22. The van der Waals surface area contributed by atoms with Crippen LogP contribution in [0.1, 0.15) is 29.3 Å². The van der Waals surface area contributed by atoms with Crippen molar-refractivity contribution in [3.05, 3.63) is 117 Å². The summed E-state index contributed by atoms with van der Waals surface area (Å²) in [4.78, 5) is 27.3. The summed E-state index contributed by atoms with van der Waals surface area (Å²) in [7, 11) is 0. The summed E-state index contributed by atoms with van der Waals surface area (Å²) in [6.45, 7) is 6.38. The first-order valence-electron chi connectivity index (χ1n) is 9.51. The minimum absolute atomic E-state index is 0.0168. The summed E-state index contributed by atoms with van der Waals surface area (Å²) in [6, 6.07) is 19.4. The van der Waals surface area contributed by atoms with Crippen molar-refractivity contribution < 1.29 is 4.74 Å². The Kier molecular flexibility index (Phi) is 6.76. The molecule has 0 spiro atoms. The van der Waals surface area contributed by atoms with Gasteiger partial charge in [-0.1, -0.05) is 86.3 Å². The number of ether oxygens (including phenoxy) is 1. The van der Waals surface area contributed by atoms with Crippen molar-refractivity contribution in [1.82, 2.24) is 9.55 Å². The van der Waals surface area contributed by atoms with Gasteiger partial charge in [-0.05, 0) is 23.1 Å². The molecule has 0 fully saturated rings. The van der Waals surface area contributed by atoms with Crippen LogP contribution in [-0.4, -0.2) is 16.2 Å². The van der Waals surface area contributed by atoms with Gasteiger partial charge in [-0.15, -0.1) is 0 Å². The molecule has 1 N–H and O–H groups in total. The maximum Gasteiger partial charge on any atom is 0.330 e. The van der Waals surface area contributed by atoms with Gasteiger partial charge in [-0.25, -0.2) is 4.79 Å². The van der Waals surface area contributed by atoms with E-state index < -0.39 is 5.69 Å². The second kappa shape index (κ2) is 9.66. The Morgan fingerprint density at radius 1 is 1.07 bits per heavy atom. The summed E-state index contributed by atoms with van der Waals surface area (Å²) < 4.78 is 7.14. The van der Waals surface area contributed by atoms with Gasteiger partial charge in [0.2, 0.25) is 0 Å². The molecule has 3 aromatic rings. The number of nitrogens with one attached hydrogen (secondary N) is 1. The van der Waals surface area contributed by atoms with Crippen molar-refractivity contribution in [1.29, 1.82) is 0 Å². The Bertz CT molecular complexity index is 1110. The van der Waals surface area contributed by atoms with Crippen LogP contribution >= 0.6 is 0 Å². The number of benzene rings is 2. The first-order valence-corrected chi connectivity index (χ1v) is 9.51. The molecule has 0 radical (unpaired) electrons. The molecule has 0 saturated carbocycles. The number of H-pyrrole nitrogens is 1. The number of aromatic nitrogens is 2. The zero-order valence-corrected chi connectivity index (χ0v) is 16.4. The standard InChI is InChI=1S/C24H24N2O3/c1-3-21-22(18(2)20-14-8-5-9-15-20)26(24(28)25-23(21)27)17-29-16-10-13-19-11-6-4-7-12-19/h4-15H,2-3,16-17H2,1H3,(H,25,27,28)/b13-10+. The highest BCUT2D eigenvalue weighted by atomic mass is 16.5. The van der Waals surface area contributed by atoms with Crippen LogP contribution in [0.2, 0.25) is 0 Å². The summed E-state index contributed by atoms with van der Waals surface area (Å²) in [5.74, 6) is 0. The summed E-state index contributed by atoms with van der Waals surface area (Å²) in [6.07, 6.45) is 4.32. The largest absolute Gasteiger partial charge is 0.357 e. The molecule has 0 bridgehead atoms. The fourth-order valence-corrected chi connectivity index (χ4v) is 3.14. The third-order valence-electron chi connectivity index (χ3n) is 4.60. The Hall–Kier alpha value is -3.44. The molecule has 1 heterocycles. The molecular formula is C24H24N2O3. The van der Waals surface area contributed by atoms with E-state index in [2.05, 4.69) is 11.6 Å². The maximum absolute atomic E-state index is 12.5. The third-order valence-corrected chi connectivity index (χ3v) is 4.60.